The monoisotopic (exact) mass is 243 g/mol. The molecular weight excluding hydrogens is 230 g/mol. The van der Waals surface area contributed by atoms with E-state index in [1.54, 1.807) is 0 Å². The lowest BCUT2D eigenvalue weighted by molar-refractivity contribution is 0.817. The van der Waals surface area contributed by atoms with Gasteiger partial charge in [0.15, 0.2) is 0 Å². The van der Waals surface area contributed by atoms with Crippen LogP contribution in [0.4, 0.5) is 5.95 Å². The van der Waals surface area contributed by atoms with Gasteiger partial charge in [-0.05, 0) is 12.0 Å². The Balaban J connectivity index is 2.67. The molecule has 3 nitrogen and oxygen atoms in total. The fourth-order valence-electron chi connectivity index (χ4n) is 1.05. The second-order valence-corrected chi connectivity index (χ2v) is 3.51. The molecule has 0 atom stereocenters. The van der Waals surface area contributed by atoms with Crippen LogP contribution in [0.3, 0.4) is 0 Å². The predicted molar refractivity (Wildman–Crippen MR) is 58.2 cm³/mol. The number of rotatable bonds is 4. The van der Waals surface area contributed by atoms with Gasteiger partial charge in [-0.15, -0.1) is 0 Å². The zero-order valence-electron chi connectivity index (χ0n) is 8.00. The Kier molecular flexibility index (Phi) is 4.15. The van der Waals surface area contributed by atoms with Gasteiger partial charge in [0, 0.05) is 31.3 Å². The highest BCUT2D eigenvalue weighted by molar-refractivity contribution is 9.08. The van der Waals surface area contributed by atoms with Crippen molar-refractivity contribution in [2.75, 3.05) is 18.5 Å². The van der Waals surface area contributed by atoms with E-state index in [0.717, 1.165) is 29.8 Å². The maximum Gasteiger partial charge on any atom is 0.224 e. The van der Waals surface area contributed by atoms with Gasteiger partial charge < -0.3 is 4.90 Å². The van der Waals surface area contributed by atoms with Crippen molar-refractivity contribution in [3.63, 3.8) is 0 Å². The summed E-state index contributed by atoms with van der Waals surface area (Å²) in [6, 6.07) is 0. The highest BCUT2D eigenvalue weighted by atomic mass is 79.9. The van der Waals surface area contributed by atoms with Crippen molar-refractivity contribution in [1.82, 2.24) is 9.97 Å². The summed E-state index contributed by atoms with van der Waals surface area (Å²) in [5, 5.41) is 0.810. The third-order valence-electron chi connectivity index (χ3n) is 1.75. The zero-order valence-corrected chi connectivity index (χ0v) is 9.58. The van der Waals surface area contributed by atoms with Gasteiger partial charge in [-0.2, -0.15) is 0 Å². The Morgan fingerprint density at radius 2 is 2.00 bits per heavy atom. The Bertz CT molecular complexity index is 248. The van der Waals surface area contributed by atoms with Gasteiger partial charge in [0.05, 0.1) is 0 Å². The van der Waals surface area contributed by atoms with Crippen LogP contribution in [-0.4, -0.2) is 23.6 Å². The van der Waals surface area contributed by atoms with Crippen LogP contribution in [0.15, 0.2) is 12.4 Å². The smallest absolute Gasteiger partial charge is 0.224 e. The summed E-state index contributed by atoms with van der Waals surface area (Å²) >= 11 is 3.36. The molecule has 13 heavy (non-hydrogen) atoms. The number of anilines is 1. The SMILES string of the molecule is CCCN(C)c1ncc(CBr)cn1. The van der Waals surface area contributed by atoms with Crippen LogP contribution in [0.1, 0.15) is 18.9 Å². The summed E-state index contributed by atoms with van der Waals surface area (Å²) in [4.78, 5) is 10.6. The molecule has 0 unspecified atom stereocenters. The van der Waals surface area contributed by atoms with Crippen molar-refractivity contribution < 1.29 is 0 Å². The minimum atomic E-state index is 0.798. The van der Waals surface area contributed by atoms with Gasteiger partial charge in [-0.3, -0.25) is 0 Å². The number of hydrogen-bond acceptors (Lipinski definition) is 3. The van der Waals surface area contributed by atoms with E-state index < -0.39 is 0 Å². The number of hydrogen-bond donors (Lipinski definition) is 0. The van der Waals surface area contributed by atoms with Crippen molar-refractivity contribution in [3.05, 3.63) is 18.0 Å². The zero-order chi connectivity index (χ0) is 9.68. The third-order valence-corrected chi connectivity index (χ3v) is 2.39. The molecule has 0 saturated heterocycles. The minimum Gasteiger partial charge on any atom is -0.344 e. The summed E-state index contributed by atoms with van der Waals surface area (Å²) in [5.74, 6) is 0.798. The summed E-state index contributed by atoms with van der Waals surface area (Å²) < 4.78 is 0. The van der Waals surface area contributed by atoms with Gasteiger partial charge >= 0.3 is 0 Å². The normalized spacial score (nSPS) is 10.1. The maximum absolute atomic E-state index is 4.25. The Labute approximate surface area is 87.3 Å². The molecule has 1 aromatic heterocycles. The lowest BCUT2D eigenvalue weighted by Crippen LogP contribution is -2.20. The van der Waals surface area contributed by atoms with Gasteiger partial charge in [0.25, 0.3) is 0 Å². The van der Waals surface area contributed by atoms with Crippen LogP contribution in [0.5, 0.6) is 0 Å². The van der Waals surface area contributed by atoms with Gasteiger partial charge in [-0.25, -0.2) is 9.97 Å². The first kappa shape index (κ1) is 10.4. The molecule has 1 rings (SSSR count). The second-order valence-electron chi connectivity index (χ2n) is 2.95. The first-order chi connectivity index (χ1) is 6.27. The van der Waals surface area contributed by atoms with E-state index in [1.807, 2.05) is 19.4 Å². The molecule has 0 saturated carbocycles. The van der Waals surface area contributed by atoms with E-state index in [1.165, 1.54) is 0 Å². The molecule has 0 aliphatic carbocycles. The largest absolute Gasteiger partial charge is 0.344 e. The van der Waals surface area contributed by atoms with Crippen molar-refractivity contribution in [3.8, 4) is 0 Å². The average Bonchev–Trinajstić information content (AvgIpc) is 2.18. The molecule has 0 aliphatic rings. The fourth-order valence-corrected chi connectivity index (χ4v) is 1.34. The molecule has 0 N–H and O–H groups in total. The molecule has 4 heteroatoms. The van der Waals surface area contributed by atoms with Crippen molar-refractivity contribution >= 4 is 21.9 Å². The van der Waals surface area contributed by atoms with E-state index in [4.69, 9.17) is 0 Å². The molecule has 0 radical (unpaired) electrons. The van der Waals surface area contributed by atoms with Crippen LogP contribution >= 0.6 is 15.9 Å². The number of aromatic nitrogens is 2. The Morgan fingerprint density at radius 3 is 2.46 bits per heavy atom. The maximum atomic E-state index is 4.25. The summed E-state index contributed by atoms with van der Waals surface area (Å²) in [7, 11) is 2.01. The summed E-state index contributed by atoms with van der Waals surface area (Å²) in [6.07, 6.45) is 4.81. The third kappa shape index (κ3) is 2.95. The van der Waals surface area contributed by atoms with E-state index in [9.17, 15) is 0 Å². The lowest BCUT2D eigenvalue weighted by atomic mass is 10.4. The van der Waals surface area contributed by atoms with Crippen LogP contribution in [0, 0.1) is 0 Å². The van der Waals surface area contributed by atoms with Crippen LogP contribution in [-0.2, 0) is 5.33 Å². The van der Waals surface area contributed by atoms with E-state index in [2.05, 4.69) is 37.7 Å². The molecule has 1 aromatic rings. The van der Waals surface area contributed by atoms with Gasteiger partial charge in [0.2, 0.25) is 5.95 Å². The molecule has 0 spiro atoms. The molecule has 0 fully saturated rings. The number of halogens is 1. The second kappa shape index (κ2) is 5.17. The summed E-state index contributed by atoms with van der Waals surface area (Å²) in [5.41, 5.74) is 1.11. The topological polar surface area (TPSA) is 29.0 Å². The van der Waals surface area contributed by atoms with Crippen LogP contribution in [0.25, 0.3) is 0 Å². The van der Waals surface area contributed by atoms with Gasteiger partial charge in [0.1, 0.15) is 0 Å². The van der Waals surface area contributed by atoms with Crippen LogP contribution in [0.2, 0.25) is 0 Å². The summed E-state index contributed by atoms with van der Waals surface area (Å²) in [6.45, 7) is 3.14. The minimum absolute atomic E-state index is 0.798. The molecule has 1 heterocycles. The van der Waals surface area contributed by atoms with Crippen LogP contribution < -0.4 is 4.90 Å². The quantitative estimate of drug-likeness (QED) is 0.760. The van der Waals surface area contributed by atoms with Crippen molar-refractivity contribution in [1.29, 1.82) is 0 Å². The van der Waals surface area contributed by atoms with E-state index in [0.29, 0.717) is 0 Å². The lowest BCUT2D eigenvalue weighted by Gasteiger charge is -2.15. The molecular formula is C9H14BrN3. The number of alkyl halides is 1. The molecule has 0 amide bonds. The highest BCUT2D eigenvalue weighted by Crippen LogP contribution is 2.07. The molecule has 0 aliphatic heterocycles. The first-order valence-electron chi connectivity index (χ1n) is 4.36. The van der Waals surface area contributed by atoms with Crippen molar-refractivity contribution in [2.24, 2.45) is 0 Å². The van der Waals surface area contributed by atoms with E-state index >= 15 is 0 Å². The average molecular weight is 244 g/mol. The molecule has 0 bridgehead atoms. The Hall–Kier alpha value is -0.640. The number of nitrogens with zero attached hydrogens (tertiary/aromatic N) is 3. The van der Waals surface area contributed by atoms with E-state index in [-0.39, 0.29) is 0 Å². The standard InChI is InChI=1S/C9H14BrN3/c1-3-4-13(2)9-11-6-8(5-10)7-12-9/h6-7H,3-5H2,1-2H3. The van der Waals surface area contributed by atoms with Crippen molar-refractivity contribution in [2.45, 2.75) is 18.7 Å². The fraction of sp³-hybridized carbons (Fsp3) is 0.556. The Morgan fingerprint density at radius 1 is 1.38 bits per heavy atom. The molecule has 72 valence electrons. The first-order valence-corrected chi connectivity index (χ1v) is 5.48. The predicted octanol–water partition coefficient (Wildman–Crippen LogP) is 2.22. The molecule has 0 aromatic carbocycles. The van der Waals surface area contributed by atoms with Gasteiger partial charge in [-0.1, -0.05) is 22.9 Å². The highest BCUT2D eigenvalue weighted by Gasteiger charge is 2.01.